The largest absolute Gasteiger partial charge is 0.462 e. The Labute approximate surface area is 88.4 Å². The first-order valence-electron chi connectivity index (χ1n) is 4.44. The Bertz CT molecular complexity index is 436. The fourth-order valence-electron chi connectivity index (χ4n) is 1.06. The molecule has 1 aromatic rings. The molecule has 0 unspecified atom stereocenters. The summed E-state index contributed by atoms with van der Waals surface area (Å²) in [5.74, 6) is 0.932. The van der Waals surface area contributed by atoms with E-state index < -0.39 is 0 Å². The number of nitriles is 1. The minimum absolute atomic E-state index is 0.0642. The van der Waals surface area contributed by atoms with Crippen LogP contribution in [0.4, 0.5) is 0 Å². The third-order valence-electron chi connectivity index (χ3n) is 1.80. The summed E-state index contributed by atoms with van der Waals surface area (Å²) in [6.07, 6.45) is 1.44. The smallest absolute Gasteiger partial charge is 0.264 e. The van der Waals surface area contributed by atoms with E-state index in [1.54, 1.807) is 33.2 Å². The highest BCUT2D eigenvalue weighted by molar-refractivity contribution is 6.01. The van der Waals surface area contributed by atoms with Crippen LogP contribution in [0.25, 0.3) is 6.08 Å². The molecule has 78 valence electrons. The molecule has 0 aromatic carbocycles. The molecule has 0 fully saturated rings. The van der Waals surface area contributed by atoms with Gasteiger partial charge in [0, 0.05) is 20.2 Å². The number of furan rings is 1. The Morgan fingerprint density at radius 1 is 1.53 bits per heavy atom. The standard InChI is InChI=1S/C11H12N2O2/c1-8-4-5-10(15-8)6-9(7-12)11(14)13(2)3/h4-6H,1-3H3/b9-6-. The number of aryl methyl sites for hydroxylation is 1. The molecule has 0 aliphatic carbocycles. The fourth-order valence-corrected chi connectivity index (χ4v) is 1.06. The van der Waals surface area contributed by atoms with E-state index in [1.807, 2.05) is 6.07 Å². The molecule has 1 amide bonds. The maximum atomic E-state index is 11.5. The van der Waals surface area contributed by atoms with Gasteiger partial charge >= 0.3 is 0 Å². The number of hydrogen-bond acceptors (Lipinski definition) is 3. The predicted molar refractivity (Wildman–Crippen MR) is 55.7 cm³/mol. The molecule has 0 spiro atoms. The van der Waals surface area contributed by atoms with Crippen LogP contribution in [0.1, 0.15) is 11.5 Å². The van der Waals surface area contributed by atoms with Crippen molar-refractivity contribution in [2.24, 2.45) is 0 Å². The van der Waals surface area contributed by atoms with Gasteiger partial charge in [-0.15, -0.1) is 0 Å². The van der Waals surface area contributed by atoms with Crippen LogP contribution in [0.5, 0.6) is 0 Å². The van der Waals surface area contributed by atoms with Crippen LogP contribution in [0.15, 0.2) is 22.1 Å². The van der Waals surface area contributed by atoms with E-state index in [4.69, 9.17) is 9.68 Å². The fraction of sp³-hybridized carbons (Fsp3) is 0.273. The Kier molecular flexibility index (Phi) is 3.29. The van der Waals surface area contributed by atoms with E-state index in [-0.39, 0.29) is 11.5 Å². The molecule has 0 bridgehead atoms. The van der Waals surface area contributed by atoms with Crippen molar-refractivity contribution in [3.05, 3.63) is 29.2 Å². The van der Waals surface area contributed by atoms with Crippen molar-refractivity contribution in [1.29, 1.82) is 5.26 Å². The van der Waals surface area contributed by atoms with E-state index >= 15 is 0 Å². The van der Waals surface area contributed by atoms with Gasteiger partial charge in [0.25, 0.3) is 5.91 Å². The third-order valence-corrected chi connectivity index (χ3v) is 1.80. The Balaban J connectivity index is 2.99. The molecule has 0 radical (unpaired) electrons. The van der Waals surface area contributed by atoms with Gasteiger partial charge in [0.15, 0.2) is 0 Å². The van der Waals surface area contributed by atoms with Gasteiger partial charge in [-0.2, -0.15) is 5.26 Å². The molecule has 15 heavy (non-hydrogen) atoms. The summed E-state index contributed by atoms with van der Waals surface area (Å²) in [5, 5.41) is 8.81. The highest BCUT2D eigenvalue weighted by Gasteiger charge is 2.11. The molecule has 1 aromatic heterocycles. The summed E-state index contributed by atoms with van der Waals surface area (Å²) in [4.78, 5) is 12.8. The van der Waals surface area contributed by atoms with Crippen molar-refractivity contribution in [3.63, 3.8) is 0 Å². The number of rotatable bonds is 2. The number of hydrogen-bond donors (Lipinski definition) is 0. The molecule has 0 saturated carbocycles. The molecule has 4 heteroatoms. The lowest BCUT2D eigenvalue weighted by atomic mass is 10.2. The summed E-state index contributed by atoms with van der Waals surface area (Å²) >= 11 is 0. The van der Waals surface area contributed by atoms with Gasteiger partial charge in [-0.05, 0) is 19.1 Å². The molecule has 0 aliphatic heterocycles. The first-order valence-corrected chi connectivity index (χ1v) is 4.44. The lowest BCUT2D eigenvalue weighted by molar-refractivity contribution is -0.124. The van der Waals surface area contributed by atoms with Gasteiger partial charge in [0.05, 0.1) is 0 Å². The minimum atomic E-state index is -0.327. The van der Waals surface area contributed by atoms with Crippen molar-refractivity contribution in [3.8, 4) is 6.07 Å². The highest BCUT2D eigenvalue weighted by atomic mass is 16.3. The van der Waals surface area contributed by atoms with Crippen LogP contribution >= 0.6 is 0 Å². The molecule has 0 atom stereocenters. The zero-order valence-electron chi connectivity index (χ0n) is 8.94. The molecule has 1 rings (SSSR count). The molecule has 0 aliphatic rings. The van der Waals surface area contributed by atoms with Crippen LogP contribution in [0.3, 0.4) is 0 Å². The average Bonchev–Trinajstić information content (AvgIpc) is 2.59. The number of nitrogens with zero attached hydrogens (tertiary/aromatic N) is 2. The highest BCUT2D eigenvalue weighted by Crippen LogP contribution is 2.11. The van der Waals surface area contributed by atoms with Crippen molar-refractivity contribution in [1.82, 2.24) is 4.90 Å². The van der Waals surface area contributed by atoms with Crippen molar-refractivity contribution in [2.75, 3.05) is 14.1 Å². The Hall–Kier alpha value is -2.02. The van der Waals surface area contributed by atoms with E-state index in [0.29, 0.717) is 5.76 Å². The summed E-state index contributed by atoms with van der Waals surface area (Å²) in [7, 11) is 3.20. The van der Waals surface area contributed by atoms with Gasteiger partial charge in [0.1, 0.15) is 23.2 Å². The third kappa shape index (κ3) is 2.71. The van der Waals surface area contributed by atoms with Gasteiger partial charge in [-0.1, -0.05) is 0 Å². The quantitative estimate of drug-likeness (QED) is 0.543. The van der Waals surface area contributed by atoms with Gasteiger partial charge in [-0.25, -0.2) is 0 Å². The maximum Gasteiger partial charge on any atom is 0.264 e. The summed E-state index contributed by atoms with van der Waals surface area (Å²) in [6.45, 7) is 1.80. The second-order valence-electron chi connectivity index (χ2n) is 3.32. The van der Waals surface area contributed by atoms with E-state index in [2.05, 4.69) is 0 Å². The number of carbonyl (C=O) groups is 1. The van der Waals surface area contributed by atoms with Crippen molar-refractivity contribution >= 4 is 12.0 Å². The zero-order valence-corrected chi connectivity index (χ0v) is 8.94. The van der Waals surface area contributed by atoms with E-state index in [9.17, 15) is 4.79 Å². The van der Waals surface area contributed by atoms with E-state index in [1.165, 1.54) is 11.0 Å². The van der Waals surface area contributed by atoms with Crippen LogP contribution < -0.4 is 0 Å². The molecule has 1 heterocycles. The molecule has 0 N–H and O–H groups in total. The first kappa shape index (κ1) is 11.1. The van der Waals surface area contributed by atoms with Gasteiger partial charge < -0.3 is 9.32 Å². The predicted octanol–water partition coefficient (Wildman–Crippen LogP) is 1.58. The lowest BCUT2D eigenvalue weighted by Gasteiger charge is -2.07. The lowest BCUT2D eigenvalue weighted by Crippen LogP contribution is -2.22. The molecular formula is C11H12N2O2. The van der Waals surface area contributed by atoms with Gasteiger partial charge in [0.2, 0.25) is 0 Å². The van der Waals surface area contributed by atoms with Crippen LogP contribution in [0, 0.1) is 18.3 Å². The summed E-state index contributed by atoms with van der Waals surface area (Å²) < 4.78 is 5.25. The summed E-state index contributed by atoms with van der Waals surface area (Å²) in [5.41, 5.74) is 0.0642. The molecule has 0 saturated heterocycles. The normalized spacial score (nSPS) is 10.9. The number of likely N-dealkylation sites (N-methyl/N-ethyl adjacent to an activating group) is 1. The van der Waals surface area contributed by atoms with Gasteiger partial charge in [-0.3, -0.25) is 4.79 Å². The van der Waals surface area contributed by atoms with Crippen LogP contribution in [-0.4, -0.2) is 24.9 Å². The summed E-state index contributed by atoms with van der Waals surface area (Å²) in [6, 6.07) is 5.35. The van der Waals surface area contributed by atoms with Crippen LogP contribution in [0.2, 0.25) is 0 Å². The second-order valence-corrected chi connectivity index (χ2v) is 3.32. The van der Waals surface area contributed by atoms with Crippen LogP contribution in [-0.2, 0) is 4.79 Å². The topological polar surface area (TPSA) is 57.2 Å². The van der Waals surface area contributed by atoms with E-state index in [0.717, 1.165) is 5.76 Å². The first-order chi connectivity index (χ1) is 7.04. The number of carbonyl (C=O) groups excluding carboxylic acids is 1. The number of amides is 1. The maximum absolute atomic E-state index is 11.5. The SMILES string of the molecule is Cc1ccc(/C=C(/C#N)C(=O)N(C)C)o1. The average molecular weight is 204 g/mol. The van der Waals surface area contributed by atoms with Crippen molar-refractivity contribution in [2.45, 2.75) is 6.92 Å². The van der Waals surface area contributed by atoms with Crippen molar-refractivity contribution < 1.29 is 9.21 Å². The Morgan fingerprint density at radius 3 is 2.60 bits per heavy atom. The monoisotopic (exact) mass is 204 g/mol. The Morgan fingerprint density at radius 2 is 2.20 bits per heavy atom. The second kappa shape index (κ2) is 4.47. The molecular weight excluding hydrogens is 192 g/mol. The molecule has 4 nitrogen and oxygen atoms in total. The zero-order chi connectivity index (χ0) is 11.4. The minimum Gasteiger partial charge on any atom is -0.462 e.